The first-order valence-corrected chi connectivity index (χ1v) is 7.80. The average molecular weight is 292 g/mol. The molecule has 1 N–H and O–H groups in total. The van der Waals surface area contributed by atoms with Crippen molar-refractivity contribution >= 4 is 11.6 Å². The summed E-state index contributed by atoms with van der Waals surface area (Å²) in [5.41, 5.74) is 1.29. The first-order chi connectivity index (χ1) is 9.45. The lowest BCUT2D eigenvalue weighted by atomic mass is 9.95. The number of anilines is 2. The lowest BCUT2D eigenvalue weighted by Crippen LogP contribution is -2.31. The van der Waals surface area contributed by atoms with Gasteiger partial charge in [-0.2, -0.15) is 0 Å². The Labute approximate surface area is 130 Å². The number of hydrogen-bond donors (Lipinski definition) is 1. The number of nitrogens with zero attached hydrogens (tertiary/aromatic N) is 3. The number of nitrogens with one attached hydrogen (secondary N) is 1. The summed E-state index contributed by atoms with van der Waals surface area (Å²) >= 11 is 0. The molecule has 1 aromatic rings. The van der Waals surface area contributed by atoms with Gasteiger partial charge in [-0.3, -0.25) is 0 Å². The lowest BCUT2D eigenvalue weighted by molar-refractivity contribution is 0.417. The van der Waals surface area contributed by atoms with Gasteiger partial charge < -0.3 is 10.2 Å². The maximum Gasteiger partial charge on any atom is 0.138 e. The van der Waals surface area contributed by atoms with Gasteiger partial charge in [-0.05, 0) is 19.3 Å². The summed E-state index contributed by atoms with van der Waals surface area (Å²) in [5.74, 6) is 2.87. The first-order valence-electron chi connectivity index (χ1n) is 7.80. The van der Waals surface area contributed by atoms with E-state index in [0.29, 0.717) is 0 Å². The van der Waals surface area contributed by atoms with Gasteiger partial charge in [-0.1, -0.05) is 41.5 Å². The van der Waals surface area contributed by atoms with Crippen molar-refractivity contribution in [3.8, 4) is 0 Å². The fourth-order valence-electron chi connectivity index (χ4n) is 2.34. The van der Waals surface area contributed by atoms with Gasteiger partial charge in [0.15, 0.2) is 0 Å². The van der Waals surface area contributed by atoms with E-state index in [4.69, 9.17) is 9.97 Å². The summed E-state index contributed by atoms with van der Waals surface area (Å²) in [5, 5.41) is 3.37. The van der Waals surface area contributed by atoms with Gasteiger partial charge in [0.25, 0.3) is 0 Å². The molecule has 1 rings (SSSR count). The lowest BCUT2D eigenvalue weighted by Gasteiger charge is -2.30. The number of rotatable bonds is 4. The summed E-state index contributed by atoms with van der Waals surface area (Å²) in [6.07, 6.45) is 0. The highest BCUT2D eigenvalue weighted by Gasteiger charge is 2.23. The van der Waals surface area contributed by atoms with E-state index in [9.17, 15) is 0 Å². The molecule has 0 aromatic carbocycles. The molecule has 0 spiro atoms. The molecule has 120 valence electrons. The normalized spacial score (nSPS) is 12.4. The maximum atomic E-state index is 4.85. The Kier molecular flexibility index (Phi) is 5.24. The standard InChI is InChI=1S/C17H32N4/c1-10-18-13-12(2)14(21(9)11-16(3,4)5)20-15(19-13)17(6,7)8/h10-11H2,1-9H3,(H,18,19,20). The van der Waals surface area contributed by atoms with Crippen molar-refractivity contribution in [2.45, 2.75) is 60.8 Å². The molecule has 1 aromatic heterocycles. The molecular formula is C17H32N4. The molecule has 1 heterocycles. The summed E-state index contributed by atoms with van der Waals surface area (Å²) in [6, 6.07) is 0. The molecule has 0 bridgehead atoms. The Morgan fingerprint density at radius 2 is 1.62 bits per heavy atom. The van der Waals surface area contributed by atoms with E-state index in [-0.39, 0.29) is 10.8 Å². The van der Waals surface area contributed by atoms with Crippen LogP contribution in [-0.4, -0.2) is 30.1 Å². The molecule has 0 saturated heterocycles. The van der Waals surface area contributed by atoms with Crippen LogP contribution in [0.1, 0.15) is 59.9 Å². The summed E-state index contributed by atoms with van der Waals surface area (Å²) in [6.45, 7) is 19.2. The van der Waals surface area contributed by atoms with Gasteiger partial charge in [-0.25, -0.2) is 9.97 Å². The van der Waals surface area contributed by atoms with Crippen molar-refractivity contribution in [1.82, 2.24) is 9.97 Å². The summed E-state index contributed by atoms with van der Waals surface area (Å²) < 4.78 is 0. The van der Waals surface area contributed by atoms with E-state index in [0.717, 1.165) is 36.1 Å². The zero-order valence-electron chi connectivity index (χ0n) is 15.3. The first kappa shape index (κ1) is 17.7. The second-order valence-corrected chi connectivity index (χ2v) is 8.04. The molecule has 0 aliphatic rings. The van der Waals surface area contributed by atoms with E-state index in [1.807, 2.05) is 0 Å². The second kappa shape index (κ2) is 6.20. The Morgan fingerprint density at radius 3 is 2.05 bits per heavy atom. The Hall–Kier alpha value is -1.32. The van der Waals surface area contributed by atoms with Crippen LogP contribution in [0.4, 0.5) is 11.6 Å². The van der Waals surface area contributed by atoms with Crippen LogP contribution in [-0.2, 0) is 5.41 Å². The van der Waals surface area contributed by atoms with Gasteiger partial charge >= 0.3 is 0 Å². The van der Waals surface area contributed by atoms with Crippen LogP contribution in [0, 0.1) is 12.3 Å². The minimum atomic E-state index is -0.0603. The van der Waals surface area contributed by atoms with E-state index in [1.54, 1.807) is 0 Å². The van der Waals surface area contributed by atoms with Gasteiger partial charge in [0.1, 0.15) is 17.5 Å². The number of hydrogen-bond acceptors (Lipinski definition) is 4. The van der Waals surface area contributed by atoms with Gasteiger partial charge in [0.05, 0.1) is 0 Å². The summed E-state index contributed by atoms with van der Waals surface area (Å²) in [7, 11) is 2.11. The zero-order valence-corrected chi connectivity index (χ0v) is 15.3. The van der Waals surface area contributed by atoms with Crippen LogP contribution in [0.25, 0.3) is 0 Å². The predicted molar refractivity (Wildman–Crippen MR) is 92.4 cm³/mol. The third-order valence-electron chi connectivity index (χ3n) is 3.21. The fraction of sp³-hybridized carbons (Fsp3) is 0.765. The van der Waals surface area contributed by atoms with Gasteiger partial charge in [0.2, 0.25) is 0 Å². The van der Waals surface area contributed by atoms with E-state index in [2.05, 4.69) is 72.7 Å². The Morgan fingerprint density at radius 1 is 1.05 bits per heavy atom. The van der Waals surface area contributed by atoms with Crippen molar-refractivity contribution in [3.05, 3.63) is 11.4 Å². The summed E-state index contributed by atoms with van der Waals surface area (Å²) in [4.78, 5) is 11.8. The molecule has 0 radical (unpaired) electrons. The molecule has 0 fully saturated rings. The SMILES string of the molecule is CCNc1nc(C(C)(C)C)nc(N(C)CC(C)(C)C)c1C. The molecular weight excluding hydrogens is 260 g/mol. The third-order valence-corrected chi connectivity index (χ3v) is 3.21. The molecule has 4 nitrogen and oxygen atoms in total. The van der Waals surface area contributed by atoms with E-state index >= 15 is 0 Å². The highest BCUT2D eigenvalue weighted by atomic mass is 15.2. The minimum absolute atomic E-state index is 0.0603. The van der Waals surface area contributed by atoms with Crippen LogP contribution < -0.4 is 10.2 Å². The van der Waals surface area contributed by atoms with Gasteiger partial charge in [0, 0.05) is 31.1 Å². The van der Waals surface area contributed by atoms with E-state index < -0.39 is 0 Å². The average Bonchev–Trinajstić information content (AvgIpc) is 2.28. The van der Waals surface area contributed by atoms with Crippen molar-refractivity contribution in [3.63, 3.8) is 0 Å². The second-order valence-electron chi connectivity index (χ2n) is 8.04. The molecule has 21 heavy (non-hydrogen) atoms. The van der Waals surface area contributed by atoms with Crippen molar-refractivity contribution in [1.29, 1.82) is 0 Å². The van der Waals surface area contributed by atoms with Crippen molar-refractivity contribution in [2.75, 3.05) is 30.4 Å². The zero-order chi connectivity index (χ0) is 16.4. The highest BCUT2D eigenvalue weighted by Crippen LogP contribution is 2.29. The van der Waals surface area contributed by atoms with Gasteiger partial charge in [-0.15, -0.1) is 0 Å². The molecule has 0 saturated carbocycles. The molecule has 0 aliphatic heterocycles. The predicted octanol–water partition coefficient (Wildman–Crippen LogP) is 4.00. The number of aromatic nitrogens is 2. The topological polar surface area (TPSA) is 41.1 Å². The fourth-order valence-corrected chi connectivity index (χ4v) is 2.34. The van der Waals surface area contributed by atoms with Crippen molar-refractivity contribution in [2.24, 2.45) is 5.41 Å². The highest BCUT2D eigenvalue weighted by molar-refractivity contribution is 5.58. The Bertz CT molecular complexity index is 481. The van der Waals surface area contributed by atoms with Crippen LogP contribution in [0.3, 0.4) is 0 Å². The van der Waals surface area contributed by atoms with Crippen LogP contribution in [0.5, 0.6) is 0 Å². The van der Waals surface area contributed by atoms with Crippen molar-refractivity contribution < 1.29 is 0 Å². The monoisotopic (exact) mass is 292 g/mol. The van der Waals surface area contributed by atoms with Crippen LogP contribution in [0.2, 0.25) is 0 Å². The molecule has 0 amide bonds. The smallest absolute Gasteiger partial charge is 0.138 e. The quantitative estimate of drug-likeness (QED) is 0.911. The van der Waals surface area contributed by atoms with E-state index in [1.165, 1.54) is 0 Å². The molecule has 0 aliphatic carbocycles. The minimum Gasteiger partial charge on any atom is -0.370 e. The van der Waals surface area contributed by atoms with Crippen LogP contribution >= 0.6 is 0 Å². The molecule has 0 unspecified atom stereocenters. The third kappa shape index (κ3) is 4.87. The molecule has 4 heteroatoms. The van der Waals surface area contributed by atoms with Crippen LogP contribution in [0.15, 0.2) is 0 Å². The largest absolute Gasteiger partial charge is 0.370 e. The Balaban J connectivity index is 3.32. The maximum absolute atomic E-state index is 4.85. The molecule has 0 atom stereocenters.